The van der Waals surface area contributed by atoms with Gasteiger partial charge >= 0.3 is 11.9 Å². The molecule has 7 heteroatoms. The first-order valence-electron chi connectivity index (χ1n) is 14.4. The van der Waals surface area contributed by atoms with E-state index in [4.69, 9.17) is 14.6 Å². The number of unbranched alkanes of at least 4 members (excludes halogenated alkanes) is 1. The predicted octanol–water partition coefficient (Wildman–Crippen LogP) is 7.47. The third-order valence-electron chi connectivity index (χ3n) is 7.31. The van der Waals surface area contributed by atoms with E-state index in [0.717, 1.165) is 46.4 Å². The quantitative estimate of drug-likeness (QED) is 0.114. The highest BCUT2D eigenvalue weighted by Gasteiger charge is 2.14. The molecule has 0 atom stereocenters. The molecule has 0 unspecified atom stereocenters. The Kier molecular flexibility index (Phi) is 10.4. The van der Waals surface area contributed by atoms with Crippen molar-refractivity contribution in [2.24, 2.45) is 0 Å². The second kappa shape index (κ2) is 14.4. The number of nitrogens with zero attached hydrogens (tertiary/aromatic N) is 1. The van der Waals surface area contributed by atoms with Gasteiger partial charge in [-0.25, -0.2) is 0 Å². The molecule has 4 rings (SSSR count). The van der Waals surface area contributed by atoms with Crippen LogP contribution in [0.2, 0.25) is 0 Å². The van der Waals surface area contributed by atoms with E-state index < -0.39 is 11.9 Å². The number of ether oxygens (including phenoxy) is 2. The molecule has 7 nitrogen and oxygen atoms in total. The summed E-state index contributed by atoms with van der Waals surface area (Å²) in [5.41, 5.74) is 7.17. The van der Waals surface area contributed by atoms with Gasteiger partial charge in [-0.2, -0.15) is 0 Å². The van der Waals surface area contributed by atoms with Crippen molar-refractivity contribution in [3.63, 3.8) is 0 Å². The summed E-state index contributed by atoms with van der Waals surface area (Å²) >= 11 is 0. The van der Waals surface area contributed by atoms with Crippen molar-refractivity contribution >= 4 is 35.0 Å². The minimum absolute atomic E-state index is 0.0646. The van der Waals surface area contributed by atoms with Crippen molar-refractivity contribution in [1.29, 1.82) is 0 Å². The summed E-state index contributed by atoms with van der Waals surface area (Å²) in [6.45, 7) is 8.06. The molecule has 4 aromatic rings. The largest absolute Gasteiger partial charge is 0.494 e. The number of fused-ring (bicyclic) bond motifs is 1. The minimum Gasteiger partial charge on any atom is -0.494 e. The molecule has 2 N–H and O–H groups in total. The van der Waals surface area contributed by atoms with Gasteiger partial charge in [0.15, 0.2) is 0 Å². The zero-order chi connectivity index (χ0) is 30.1. The Labute approximate surface area is 247 Å². The van der Waals surface area contributed by atoms with Gasteiger partial charge in [-0.05, 0) is 97.7 Å². The first-order valence-corrected chi connectivity index (χ1v) is 14.4. The van der Waals surface area contributed by atoms with Crippen molar-refractivity contribution in [2.75, 3.05) is 13.2 Å². The number of benzene rings is 3. The van der Waals surface area contributed by atoms with Gasteiger partial charge in [0.25, 0.3) is 0 Å². The third-order valence-corrected chi connectivity index (χ3v) is 7.31. The zero-order valence-corrected chi connectivity index (χ0v) is 24.6. The van der Waals surface area contributed by atoms with E-state index >= 15 is 0 Å². The van der Waals surface area contributed by atoms with Crippen LogP contribution in [0.4, 0.5) is 0 Å². The lowest BCUT2D eigenvalue weighted by molar-refractivity contribution is -0.137. The normalized spacial score (nSPS) is 11.3. The topological polar surface area (TPSA) is 98.0 Å². The molecule has 3 aromatic carbocycles. The fraction of sp³-hybridized carbons (Fsp3) is 0.314. The number of aliphatic carboxylic acids is 2. The lowest BCUT2D eigenvalue weighted by Crippen LogP contribution is -2.04. The number of carboxylic acids is 2. The molecular formula is C35H39NO6. The van der Waals surface area contributed by atoms with Crippen LogP contribution in [0.3, 0.4) is 0 Å². The van der Waals surface area contributed by atoms with Gasteiger partial charge in [0.2, 0.25) is 0 Å². The van der Waals surface area contributed by atoms with Crippen LogP contribution >= 0.6 is 0 Å². The van der Waals surface area contributed by atoms with Gasteiger partial charge < -0.3 is 24.3 Å². The lowest BCUT2D eigenvalue weighted by atomic mass is 10.0. The van der Waals surface area contributed by atoms with E-state index in [1.54, 1.807) is 0 Å². The van der Waals surface area contributed by atoms with Crippen LogP contribution in [0, 0.1) is 20.8 Å². The van der Waals surface area contributed by atoms with Gasteiger partial charge in [0.1, 0.15) is 11.5 Å². The van der Waals surface area contributed by atoms with Gasteiger partial charge in [-0.1, -0.05) is 42.5 Å². The van der Waals surface area contributed by atoms with Crippen molar-refractivity contribution in [1.82, 2.24) is 4.57 Å². The van der Waals surface area contributed by atoms with E-state index in [2.05, 4.69) is 32.9 Å². The molecule has 1 heterocycles. The maximum absolute atomic E-state index is 11.5. The number of hydrogen-bond acceptors (Lipinski definition) is 4. The smallest absolute Gasteiger partial charge is 0.307 e. The second-order valence-electron chi connectivity index (χ2n) is 10.7. The monoisotopic (exact) mass is 569 g/mol. The third kappa shape index (κ3) is 8.26. The van der Waals surface area contributed by atoms with E-state index in [1.807, 2.05) is 65.4 Å². The molecule has 0 aliphatic rings. The van der Waals surface area contributed by atoms with Gasteiger partial charge in [0, 0.05) is 30.1 Å². The summed E-state index contributed by atoms with van der Waals surface area (Å²) in [6.07, 6.45) is 8.06. The zero-order valence-electron chi connectivity index (χ0n) is 24.6. The number of rotatable bonds is 15. The molecule has 220 valence electrons. The van der Waals surface area contributed by atoms with Crippen LogP contribution in [0.15, 0.2) is 60.8 Å². The summed E-state index contributed by atoms with van der Waals surface area (Å²) in [6, 6.07) is 18.0. The van der Waals surface area contributed by atoms with Crippen LogP contribution in [-0.4, -0.2) is 39.9 Å². The highest BCUT2D eigenvalue weighted by Crippen LogP contribution is 2.28. The minimum atomic E-state index is -0.905. The molecule has 0 fully saturated rings. The van der Waals surface area contributed by atoms with Crippen LogP contribution in [0.5, 0.6) is 11.5 Å². The van der Waals surface area contributed by atoms with E-state index in [1.165, 1.54) is 16.7 Å². The molecule has 0 aliphatic carbocycles. The Balaban J connectivity index is 1.33. The number of carbonyl (C=O) groups is 2. The molecule has 42 heavy (non-hydrogen) atoms. The summed E-state index contributed by atoms with van der Waals surface area (Å²) in [4.78, 5) is 22.5. The number of carboxylic acid groups (broad SMARTS) is 2. The molecule has 1 aromatic heterocycles. The fourth-order valence-electron chi connectivity index (χ4n) is 5.08. The second-order valence-corrected chi connectivity index (χ2v) is 10.7. The van der Waals surface area contributed by atoms with Crippen LogP contribution in [-0.2, 0) is 22.6 Å². The first kappa shape index (κ1) is 30.4. The Morgan fingerprint density at radius 3 is 2.31 bits per heavy atom. The Morgan fingerprint density at radius 1 is 0.857 bits per heavy atom. The fourth-order valence-corrected chi connectivity index (χ4v) is 5.08. The molecular weight excluding hydrogens is 530 g/mol. The predicted molar refractivity (Wildman–Crippen MR) is 166 cm³/mol. The van der Waals surface area contributed by atoms with Crippen LogP contribution in [0.25, 0.3) is 23.1 Å². The molecule has 0 aliphatic heterocycles. The van der Waals surface area contributed by atoms with Gasteiger partial charge in [0.05, 0.1) is 19.6 Å². The van der Waals surface area contributed by atoms with E-state index in [0.29, 0.717) is 31.7 Å². The molecule has 0 amide bonds. The summed E-state index contributed by atoms with van der Waals surface area (Å²) in [5, 5.41) is 19.3. The highest BCUT2D eigenvalue weighted by atomic mass is 16.5. The number of aromatic nitrogens is 1. The van der Waals surface area contributed by atoms with Crippen molar-refractivity contribution < 1.29 is 29.3 Å². The number of hydrogen-bond donors (Lipinski definition) is 2. The molecule has 0 saturated heterocycles. The average molecular weight is 570 g/mol. The van der Waals surface area contributed by atoms with E-state index in [9.17, 15) is 14.7 Å². The Hall–Kier alpha value is -4.52. The van der Waals surface area contributed by atoms with Gasteiger partial charge in [-0.3, -0.25) is 9.59 Å². The van der Waals surface area contributed by atoms with Crippen LogP contribution < -0.4 is 9.47 Å². The van der Waals surface area contributed by atoms with E-state index in [-0.39, 0.29) is 12.8 Å². The molecule has 0 radical (unpaired) electrons. The summed E-state index contributed by atoms with van der Waals surface area (Å²) in [7, 11) is 0. The lowest BCUT2D eigenvalue weighted by Gasteiger charge is -2.12. The SMILES string of the molecule is Cc1cc(C)c(C)c(OCCCCOc2ccc(/C=C/c3cccc4c3c(CC(=O)O)cn4CCCC(=O)O)cc2)c1. The molecule has 0 spiro atoms. The van der Waals surface area contributed by atoms with Crippen molar-refractivity contribution in [2.45, 2.75) is 59.4 Å². The van der Waals surface area contributed by atoms with Crippen LogP contribution in [0.1, 0.15) is 59.1 Å². The number of aryl methyl sites for hydroxylation is 3. The van der Waals surface area contributed by atoms with Crippen molar-refractivity contribution in [3.8, 4) is 11.5 Å². The maximum atomic E-state index is 11.5. The molecule has 0 bridgehead atoms. The standard InChI is InChI=1S/C35H39NO6/c1-24-20-25(2)26(3)32(21-24)42-19-5-4-18-41-30-15-12-27(13-16-30)11-14-28-8-6-9-31-35(28)29(22-34(39)40)23-36(31)17-7-10-33(37)38/h6,8-9,11-16,20-21,23H,4-5,7,10,17-19,22H2,1-3H3,(H,37,38)(H,39,40)/b14-11+. The first-order chi connectivity index (χ1) is 20.2. The summed E-state index contributed by atoms with van der Waals surface area (Å²) in [5.74, 6) is 0.0195. The Morgan fingerprint density at radius 2 is 1.60 bits per heavy atom. The molecule has 0 saturated carbocycles. The van der Waals surface area contributed by atoms with Gasteiger partial charge in [-0.15, -0.1) is 0 Å². The highest BCUT2D eigenvalue weighted by molar-refractivity contribution is 5.96. The average Bonchev–Trinajstić information content (AvgIpc) is 3.29. The maximum Gasteiger partial charge on any atom is 0.307 e. The summed E-state index contributed by atoms with van der Waals surface area (Å²) < 4.78 is 13.9. The Bertz CT molecular complexity index is 1560. The van der Waals surface area contributed by atoms with Crippen molar-refractivity contribution in [3.05, 3.63) is 94.2 Å².